The summed E-state index contributed by atoms with van der Waals surface area (Å²) in [5, 5.41) is 5.55. The van der Waals surface area contributed by atoms with E-state index in [4.69, 9.17) is 16.0 Å². The molecular weight excluding hydrogens is 276 g/mol. The van der Waals surface area contributed by atoms with Crippen LogP contribution in [0.25, 0.3) is 11.0 Å². The third-order valence-electron chi connectivity index (χ3n) is 3.39. The molecule has 0 saturated heterocycles. The first-order valence-electron chi connectivity index (χ1n) is 6.25. The van der Waals surface area contributed by atoms with Gasteiger partial charge in [-0.25, -0.2) is 0 Å². The van der Waals surface area contributed by atoms with Gasteiger partial charge in [-0.3, -0.25) is 9.48 Å². The first-order chi connectivity index (χ1) is 9.58. The van der Waals surface area contributed by atoms with E-state index in [1.54, 1.807) is 11.7 Å². The van der Waals surface area contributed by atoms with Gasteiger partial charge in [-0.1, -0.05) is 29.8 Å². The maximum atomic E-state index is 12.4. The van der Waals surface area contributed by atoms with E-state index in [1.165, 1.54) is 6.26 Å². The largest absolute Gasteiger partial charge is 0.464 e. The van der Waals surface area contributed by atoms with Crippen LogP contribution < -0.4 is 0 Å². The number of rotatable bonds is 3. The number of para-hydroxylation sites is 1. The topological polar surface area (TPSA) is 48.0 Å². The van der Waals surface area contributed by atoms with Crippen LogP contribution in [0.3, 0.4) is 0 Å². The standard InChI is InChI=1S/C15H13ClN2O2/c1-9-11(15(16)18(2)17-9)7-13(19)12-8-20-14-6-4-3-5-10(12)14/h3-6,8H,7H2,1-2H3. The van der Waals surface area contributed by atoms with E-state index in [1.807, 2.05) is 31.2 Å². The molecule has 2 aromatic heterocycles. The third kappa shape index (κ3) is 2.02. The molecule has 0 atom stereocenters. The van der Waals surface area contributed by atoms with Gasteiger partial charge in [0.25, 0.3) is 0 Å². The summed E-state index contributed by atoms with van der Waals surface area (Å²) >= 11 is 6.16. The molecule has 0 fully saturated rings. The molecule has 0 bridgehead atoms. The number of aryl methyl sites for hydroxylation is 2. The zero-order chi connectivity index (χ0) is 14.3. The van der Waals surface area contributed by atoms with Gasteiger partial charge in [-0.05, 0) is 13.0 Å². The van der Waals surface area contributed by atoms with Crippen molar-refractivity contribution in [3.05, 3.63) is 52.5 Å². The van der Waals surface area contributed by atoms with E-state index >= 15 is 0 Å². The van der Waals surface area contributed by atoms with Gasteiger partial charge < -0.3 is 4.42 Å². The Morgan fingerprint density at radius 1 is 1.40 bits per heavy atom. The van der Waals surface area contributed by atoms with Gasteiger partial charge in [0.2, 0.25) is 0 Å². The van der Waals surface area contributed by atoms with Crippen molar-refractivity contribution in [2.24, 2.45) is 7.05 Å². The van der Waals surface area contributed by atoms with Crippen LogP contribution in [0.5, 0.6) is 0 Å². The van der Waals surface area contributed by atoms with Crippen molar-refractivity contribution in [3.8, 4) is 0 Å². The third-order valence-corrected chi connectivity index (χ3v) is 3.86. The Kier molecular flexibility index (Phi) is 3.10. The van der Waals surface area contributed by atoms with Crippen molar-refractivity contribution in [2.75, 3.05) is 0 Å². The maximum Gasteiger partial charge on any atom is 0.171 e. The van der Waals surface area contributed by atoms with Crippen LogP contribution in [0.2, 0.25) is 5.15 Å². The highest BCUT2D eigenvalue weighted by atomic mass is 35.5. The van der Waals surface area contributed by atoms with E-state index in [0.29, 0.717) is 16.3 Å². The molecule has 3 aromatic rings. The molecule has 0 aliphatic heterocycles. The monoisotopic (exact) mass is 288 g/mol. The molecule has 0 spiro atoms. The molecule has 102 valence electrons. The molecule has 0 unspecified atom stereocenters. The van der Waals surface area contributed by atoms with Gasteiger partial charge in [0.05, 0.1) is 11.3 Å². The lowest BCUT2D eigenvalue weighted by Gasteiger charge is -1.99. The summed E-state index contributed by atoms with van der Waals surface area (Å²) in [6, 6.07) is 7.48. The fraction of sp³-hybridized carbons (Fsp3) is 0.200. The number of carbonyl (C=O) groups is 1. The minimum atomic E-state index is -0.0204. The first kappa shape index (κ1) is 12.9. The summed E-state index contributed by atoms with van der Waals surface area (Å²) in [5.41, 5.74) is 2.84. The van der Waals surface area contributed by atoms with Gasteiger partial charge in [0, 0.05) is 24.4 Å². The minimum Gasteiger partial charge on any atom is -0.464 e. The number of ketones is 1. The Morgan fingerprint density at radius 3 is 2.85 bits per heavy atom. The highest BCUT2D eigenvalue weighted by Crippen LogP contribution is 2.25. The second kappa shape index (κ2) is 4.80. The van der Waals surface area contributed by atoms with E-state index in [0.717, 1.165) is 16.6 Å². The number of hydrogen-bond donors (Lipinski definition) is 0. The molecule has 0 aliphatic rings. The molecule has 0 amide bonds. The van der Waals surface area contributed by atoms with E-state index in [2.05, 4.69) is 5.10 Å². The molecule has 4 nitrogen and oxygen atoms in total. The van der Waals surface area contributed by atoms with E-state index in [9.17, 15) is 4.79 Å². The molecule has 0 saturated carbocycles. The number of aromatic nitrogens is 2. The highest BCUT2D eigenvalue weighted by molar-refractivity contribution is 6.30. The molecule has 20 heavy (non-hydrogen) atoms. The molecule has 0 aliphatic carbocycles. The van der Waals surface area contributed by atoms with Crippen molar-refractivity contribution in [2.45, 2.75) is 13.3 Å². The highest BCUT2D eigenvalue weighted by Gasteiger charge is 2.19. The predicted molar refractivity (Wildman–Crippen MR) is 77.2 cm³/mol. The van der Waals surface area contributed by atoms with Crippen molar-refractivity contribution in [1.29, 1.82) is 0 Å². The first-order valence-corrected chi connectivity index (χ1v) is 6.63. The summed E-state index contributed by atoms with van der Waals surface area (Å²) in [6.07, 6.45) is 1.73. The van der Waals surface area contributed by atoms with Crippen molar-refractivity contribution in [3.63, 3.8) is 0 Å². The molecule has 0 N–H and O–H groups in total. The molecule has 2 heterocycles. The van der Waals surface area contributed by atoms with Crippen molar-refractivity contribution in [1.82, 2.24) is 9.78 Å². The summed E-state index contributed by atoms with van der Waals surface area (Å²) in [5.74, 6) is -0.0204. The van der Waals surface area contributed by atoms with E-state index < -0.39 is 0 Å². The molecule has 0 radical (unpaired) electrons. The van der Waals surface area contributed by atoms with Crippen molar-refractivity contribution < 1.29 is 9.21 Å². The van der Waals surface area contributed by atoms with E-state index in [-0.39, 0.29) is 12.2 Å². The average molecular weight is 289 g/mol. The molecule has 5 heteroatoms. The summed E-state index contributed by atoms with van der Waals surface area (Å²) in [4.78, 5) is 12.4. The minimum absolute atomic E-state index is 0.0204. The van der Waals surface area contributed by atoms with Gasteiger partial charge in [0.1, 0.15) is 17.0 Å². The number of halogens is 1. The number of Topliss-reactive ketones (excluding diaryl/α,β-unsaturated/α-hetero) is 1. The fourth-order valence-corrected chi connectivity index (χ4v) is 2.57. The Bertz CT molecular complexity index is 801. The number of fused-ring (bicyclic) bond motifs is 1. The maximum absolute atomic E-state index is 12.4. The Morgan fingerprint density at radius 2 is 2.15 bits per heavy atom. The molecule has 3 rings (SSSR count). The number of carbonyl (C=O) groups excluding carboxylic acids is 1. The number of hydrogen-bond acceptors (Lipinski definition) is 3. The lowest BCUT2D eigenvalue weighted by molar-refractivity contribution is 0.0993. The van der Waals surface area contributed by atoms with Crippen molar-refractivity contribution >= 4 is 28.4 Å². The predicted octanol–water partition coefficient (Wildman–Crippen LogP) is 3.55. The van der Waals surface area contributed by atoms with Gasteiger partial charge in [-0.15, -0.1) is 0 Å². The fourth-order valence-electron chi connectivity index (χ4n) is 2.32. The summed E-state index contributed by atoms with van der Waals surface area (Å²) < 4.78 is 6.98. The van der Waals surface area contributed by atoms with Gasteiger partial charge in [-0.2, -0.15) is 5.10 Å². The zero-order valence-electron chi connectivity index (χ0n) is 11.2. The Balaban J connectivity index is 1.97. The van der Waals surface area contributed by atoms with Crippen LogP contribution in [0.4, 0.5) is 0 Å². The van der Waals surface area contributed by atoms with Crippen LogP contribution in [0.15, 0.2) is 34.9 Å². The smallest absolute Gasteiger partial charge is 0.171 e. The van der Waals surface area contributed by atoms with Crippen LogP contribution >= 0.6 is 11.6 Å². The Labute approximate surface area is 120 Å². The number of benzene rings is 1. The van der Waals surface area contributed by atoms with Gasteiger partial charge >= 0.3 is 0 Å². The van der Waals surface area contributed by atoms with Gasteiger partial charge in [0.15, 0.2) is 5.78 Å². The normalized spacial score (nSPS) is 11.2. The SMILES string of the molecule is Cc1nn(C)c(Cl)c1CC(=O)c1coc2ccccc12. The summed E-state index contributed by atoms with van der Waals surface area (Å²) in [7, 11) is 1.76. The molecule has 1 aromatic carbocycles. The lowest BCUT2D eigenvalue weighted by atomic mass is 10.0. The van der Waals surface area contributed by atoms with Crippen LogP contribution in [-0.2, 0) is 13.5 Å². The lowest BCUT2D eigenvalue weighted by Crippen LogP contribution is -2.03. The second-order valence-corrected chi connectivity index (χ2v) is 5.08. The molecular formula is C15H13ClN2O2. The van der Waals surface area contributed by atoms with Crippen LogP contribution in [0.1, 0.15) is 21.6 Å². The zero-order valence-corrected chi connectivity index (χ0v) is 11.9. The number of nitrogens with zero attached hydrogens (tertiary/aromatic N) is 2. The number of furan rings is 1. The summed E-state index contributed by atoms with van der Waals surface area (Å²) in [6.45, 7) is 1.85. The Hall–Kier alpha value is -2.07. The second-order valence-electron chi connectivity index (χ2n) is 4.72. The quantitative estimate of drug-likeness (QED) is 0.692. The van der Waals surface area contributed by atoms with Crippen LogP contribution in [-0.4, -0.2) is 15.6 Å². The average Bonchev–Trinajstić information content (AvgIpc) is 2.96. The van der Waals surface area contributed by atoms with Crippen LogP contribution in [0, 0.1) is 6.92 Å².